The summed E-state index contributed by atoms with van der Waals surface area (Å²) in [7, 11) is 0. The number of hydrogen-bond acceptors (Lipinski definition) is 4. The molecule has 0 bridgehead atoms. The van der Waals surface area contributed by atoms with E-state index in [9.17, 15) is 4.79 Å². The van der Waals surface area contributed by atoms with Crippen molar-refractivity contribution >= 4 is 5.78 Å². The van der Waals surface area contributed by atoms with Crippen LogP contribution in [-0.4, -0.2) is 25.8 Å². The number of benzene rings is 1. The molecule has 0 amide bonds. The van der Waals surface area contributed by atoms with Gasteiger partial charge in [0.2, 0.25) is 5.78 Å². The molecule has 5 heteroatoms. The van der Waals surface area contributed by atoms with Gasteiger partial charge in [0.25, 0.3) is 0 Å². The first kappa shape index (κ1) is 12.2. The maximum atomic E-state index is 12.4. The molecule has 0 atom stereocenters. The molecule has 5 nitrogen and oxygen atoms in total. The van der Waals surface area contributed by atoms with Crippen LogP contribution in [0.2, 0.25) is 0 Å². The smallest absolute Gasteiger partial charge is 0.216 e. The number of pyridine rings is 1. The van der Waals surface area contributed by atoms with Crippen LogP contribution in [0.4, 0.5) is 0 Å². The summed E-state index contributed by atoms with van der Waals surface area (Å²) in [5.41, 5.74) is 2.55. The summed E-state index contributed by atoms with van der Waals surface area (Å²) in [5.74, 6) is -0.169. The maximum absolute atomic E-state index is 12.4. The summed E-state index contributed by atoms with van der Waals surface area (Å²) < 4.78 is 0. The Labute approximate surface area is 115 Å². The molecule has 0 unspecified atom stereocenters. The second kappa shape index (κ2) is 5.05. The molecule has 98 valence electrons. The van der Waals surface area contributed by atoms with Gasteiger partial charge in [-0.25, -0.2) is 0 Å². The van der Waals surface area contributed by atoms with Crippen molar-refractivity contribution in [2.75, 3.05) is 0 Å². The molecule has 0 aliphatic heterocycles. The van der Waals surface area contributed by atoms with E-state index in [4.69, 9.17) is 0 Å². The van der Waals surface area contributed by atoms with Gasteiger partial charge in [-0.15, -0.1) is 5.10 Å². The molecule has 3 aromatic rings. The maximum Gasteiger partial charge on any atom is 0.216 e. The van der Waals surface area contributed by atoms with Crippen molar-refractivity contribution in [2.24, 2.45) is 0 Å². The lowest BCUT2D eigenvalue weighted by molar-refractivity contribution is 0.103. The first-order valence-electron chi connectivity index (χ1n) is 6.19. The second-order valence-corrected chi connectivity index (χ2v) is 4.37. The highest BCUT2D eigenvalue weighted by Crippen LogP contribution is 2.11. The zero-order valence-electron chi connectivity index (χ0n) is 10.9. The number of hydrogen-bond donors (Lipinski definition) is 0. The fraction of sp³-hybridized carbons (Fsp3) is 0.0667. The van der Waals surface area contributed by atoms with E-state index in [1.54, 1.807) is 18.5 Å². The zero-order valence-corrected chi connectivity index (χ0v) is 10.9. The van der Waals surface area contributed by atoms with Crippen LogP contribution < -0.4 is 0 Å². The van der Waals surface area contributed by atoms with Gasteiger partial charge >= 0.3 is 0 Å². The molecule has 0 aliphatic rings. The molecule has 0 aliphatic carbocycles. The molecule has 2 aromatic heterocycles. The van der Waals surface area contributed by atoms with Crippen LogP contribution in [0.3, 0.4) is 0 Å². The first-order chi connectivity index (χ1) is 9.75. The highest BCUT2D eigenvalue weighted by Gasteiger charge is 2.15. The number of nitrogens with zero attached hydrogens (tertiary/aromatic N) is 4. The monoisotopic (exact) mass is 264 g/mol. The third-order valence-electron chi connectivity index (χ3n) is 3.00. The molecule has 0 N–H and O–H groups in total. The Kier molecular flexibility index (Phi) is 3.09. The molecule has 2 heterocycles. The van der Waals surface area contributed by atoms with E-state index in [0.717, 1.165) is 11.3 Å². The van der Waals surface area contributed by atoms with E-state index < -0.39 is 0 Å². The van der Waals surface area contributed by atoms with E-state index in [2.05, 4.69) is 15.2 Å². The molecule has 0 saturated heterocycles. The van der Waals surface area contributed by atoms with Crippen molar-refractivity contribution in [2.45, 2.75) is 6.92 Å². The number of aromatic nitrogens is 4. The molecular formula is C15H12N4O. The van der Waals surface area contributed by atoms with Crippen LogP contribution in [0, 0.1) is 6.92 Å². The van der Waals surface area contributed by atoms with Crippen molar-refractivity contribution in [3.05, 3.63) is 71.8 Å². The average Bonchev–Trinajstić information content (AvgIpc) is 2.98. The number of ketones is 1. The Bertz CT molecular complexity index is 749. The van der Waals surface area contributed by atoms with Crippen molar-refractivity contribution in [1.82, 2.24) is 20.0 Å². The summed E-state index contributed by atoms with van der Waals surface area (Å²) in [6, 6.07) is 11.3. The van der Waals surface area contributed by atoms with Crippen molar-refractivity contribution in [1.29, 1.82) is 0 Å². The molecule has 0 saturated carbocycles. The fourth-order valence-electron chi connectivity index (χ4n) is 1.89. The third kappa shape index (κ3) is 2.21. The van der Waals surface area contributed by atoms with Gasteiger partial charge < -0.3 is 0 Å². The lowest BCUT2D eigenvalue weighted by Gasteiger charge is -2.00. The van der Waals surface area contributed by atoms with E-state index in [1.165, 1.54) is 11.0 Å². The predicted octanol–water partition coefficient (Wildman–Crippen LogP) is 2.20. The lowest BCUT2D eigenvalue weighted by atomic mass is 10.1. The van der Waals surface area contributed by atoms with E-state index in [-0.39, 0.29) is 5.78 Å². The van der Waals surface area contributed by atoms with Gasteiger partial charge in [0.05, 0.1) is 11.9 Å². The largest absolute Gasteiger partial charge is 0.287 e. The Morgan fingerprint density at radius 2 is 1.90 bits per heavy atom. The highest BCUT2D eigenvalue weighted by molar-refractivity contribution is 6.08. The number of para-hydroxylation sites is 1. The summed E-state index contributed by atoms with van der Waals surface area (Å²) in [6.45, 7) is 1.87. The average molecular weight is 264 g/mol. The number of carbonyl (C=O) groups excluding carboxylic acids is 1. The van der Waals surface area contributed by atoms with E-state index in [0.29, 0.717) is 11.3 Å². The Hall–Kier alpha value is -2.82. The van der Waals surface area contributed by atoms with Crippen LogP contribution in [0.15, 0.2) is 55.0 Å². The van der Waals surface area contributed by atoms with E-state index in [1.807, 2.05) is 37.3 Å². The molecule has 3 rings (SSSR count). The minimum Gasteiger partial charge on any atom is -0.287 e. The minimum atomic E-state index is -0.169. The normalized spacial score (nSPS) is 10.4. The van der Waals surface area contributed by atoms with Crippen LogP contribution in [0.1, 0.15) is 21.6 Å². The van der Waals surface area contributed by atoms with Crippen LogP contribution in [0.5, 0.6) is 0 Å². The summed E-state index contributed by atoms with van der Waals surface area (Å²) >= 11 is 0. The highest BCUT2D eigenvalue weighted by atomic mass is 16.1. The third-order valence-corrected chi connectivity index (χ3v) is 3.00. The van der Waals surface area contributed by atoms with Gasteiger partial charge in [-0.3, -0.25) is 9.78 Å². The summed E-state index contributed by atoms with van der Waals surface area (Å²) in [6.07, 6.45) is 4.69. The van der Waals surface area contributed by atoms with Crippen LogP contribution >= 0.6 is 0 Å². The standard InChI is InChI=1S/C15H12N4O/c1-11-7-8-16-9-13(11)15(20)14-10-17-19(18-14)12-5-3-2-4-6-12/h2-10H,1H3. The van der Waals surface area contributed by atoms with Crippen LogP contribution in [0.25, 0.3) is 5.69 Å². The molecule has 0 spiro atoms. The summed E-state index contributed by atoms with van der Waals surface area (Å²) in [4.78, 5) is 17.8. The first-order valence-corrected chi connectivity index (χ1v) is 6.19. The Morgan fingerprint density at radius 3 is 2.65 bits per heavy atom. The van der Waals surface area contributed by atoms with Crippen molar-refractivity contribution in [3.8, 4) is 5.69 Å². The summed E-state index contributed by atoms with van der Waals surface area (Å²) in [5, 5.41) is 8.35. The van der Waals surface area contributed by atoms with Crippen molar-refractivity contribution in [3.63, 3.8) is 0 Å². The van der Waals surface area contributed by atoms with Crippen molar-refractivity contribution < 1.29 is 4.79 Å². The van der Waals surface area contributed by atoms with Gasteiger partial charge in [0, 0.05) is 18.0 Å². The number of carbonyl (C=O) groups is 1. The number of rotatable bonds is 3. The molecule has 20 heavy (non-hydrogen) atoms. The molecular weight excluding hydrogens is 252 g/mol. The fourth-order valence-corrected chi connectivity index (χ4v) is 1.89. The number of aryl methyl sites for hydroxylation is 1. The van der Waals surface area contributed by atoms with Gasteiger partial charge in [-0.05, 0) is 30.7 Å². The van der Waals surface area contributed by atoms with Crippen LogP contribution in [-0.2, 0) is 0 Å². The minimum absolute atomic E-state index is 0.169. The predicted molar refractivity (Wildman–Crippen MR) is 73.8 cm³/mol. The SMILES string of the molecule is Cc1ccncc1C(=O)c1cnn(-c2ccccc2)n1. The molecule has 0 fully saturated rings. The van der Waals surface area contributed by atoms with Gasteiger partial charge in [-0.1, -0.05) is 18.2 Å². The van der Waals surface area contributed by atoms with E-state index >= 15 is 0 Å². The lowest BCUT2D eigenvalue weighted by Crippen LogP contribution is -2.06. The Balaban J connectivity index is 1.95. The van der Waals surface area contributed by atoms with Gasteiger partial charge in [0.1, 0.15) is 0 Å². The molecule has 1 aromatic carbocycles. The second-order valence-electron chi connectivity index (χ2n) is 4.37. The Morgan fingerprint density at radius 1 is 1.10 bits per heavy atom. The quantitative estimate of drug-likeness (QED) is 0.680. The van der Waals surface area contributed by atoms with Gasteiger partial charge in [0.15, 0.2) is 5.69 Å². The van der Waals surface area contributed by atoms with Gasteiger partial charge in [-0.2, -0.15) is 9.90 Å². The zero-order chi connectivity index (χ0) is 13.9. The molecule has 0 radical (unpaired) electrons. The topological polar surface area (TPSA) is 60.7 Å².